The van der Waals surface area contributed by atoms with E-state index in [0.717, 1.165) is 40.9 Å². The average Bonchev–Trinajstić information content (AvgIpc) is 3.28. The number of halogens is 1. The van der Waals surface area contributed by atoms with Crippen LogP contribution in [-0.4, -0.2) is 15.2 Å². The van der Waals surface area contributed by atoms with Gasteiger partial charge in [0.25, 0.3) is 0 Å². The molecule has 3 nitrogen and oxygen atoms in total. The van der Waals surface area contributed by atoms with Gasteiger partial charge in [-0.2, -0.15) is 5.10 Å². The van der Waals surface area contributed by atoms with Gasteiger partial charge in [0.2, 0.25) is 0 Å². The van der Waals surface area contributed by atoms with Crippen molar-refractivity contribution in [2.24, 2.45) is 0 Å². The first-order chi connectivity index (χ1) is 14.8. The second kappa shape index (κ2) is 6.77. The molecule has 2 heterocycles. The van der Waals surface area contributed by atoms with Gasteiger partial charge in [0.05, 0.1) is 23.1 Å². The molecule has 0 atom stereocenters. The highest BCUT2D eigenvalue weighted by Crippen LogP contribution is 2.40. The van der Waals surface area contributed by atoms with E-state index in [0.29, 0.717) is 0 Å². The zero-order chi connectivity index (χ0) is 20.1. The Labute approximate surface area is 173 Å². The zero-order valence-electron chi connectivity index (χ0n) is 16.5. The number of rotatable bonds is 2. The van der Waals surface area contributed by atoms with Crippen LogP contribution in [0.15, 0.2) is 66.9 Å². The summed E-state index contributed by atoms with van der Waals surface area (Å²) in [5.74, 6) is -0.243. The number of benzene rings is 3. The van der Waals surface area contributed by atoms with Gasteiger partial charge in [-0.1, -0.05) is 30.3 Å². The summed E-state index contributed by atoms with van der Waals surface area (Å²) in [6.07, 6.45) is 6.30. The Morgan fingerprint density at radius 1 is 0.833 bits per heavy atom. The summed E-state index contributed by atoms with van der Waals surface area (Å²) in [6, 6.07) is 19.4. The number of hydrogen-bond donors (Lipinski definition) is 1. The molecule has 0 aliphatic heterocycles. The van der Waals surface area contributed by atoms with Gasteiger partial charge in [0.1, 0.15) is 5.82 Å². The summed E-state index contributed by atoms with van der Waals surface area (Å²) in [4.78, 5) is 5.15. The summed E-state index contributed by atoms with van der Waals surface area (Å²) in [7, 11) is 0. The average molecular weight is 393 g/mol. The number of aromatic amines is 1. The summed E-state index contributed by atoms with van der Waals surface area (Å²) in [5.41, 5.74) is 7.55. The molecule has 30 heavy (non-hydrogen) atoms. The van der Waals surface area contributed by atoms with Crippen molar-refractivity contribution in [3.8, 4) is 22.5 Å². The molecule has 0 radical (unpaired) electrons. The minimum atomic E-state index is -0.243. The molecular formula is C26H20FN3. The molecule has 0 amide bonds. The molecule has 0 saturated carbocycles. The monoisotopic (exact) mass is 393 g/mol. The van der Waals surface area contributed by atoms with E-state index in [1.54, 1.807) is 12.1 Å². The SMILES string of the molecule is Fc1ccc(-c2[nH]ncc2-c2nc3ccc4ccccc4c3c3c2CCCC3)cc1. The summed E-state index contributed by atoms with van der Waals surface area (Å²) in [5, 5.41) is 11.2. The Morgan fingerprint density at radius 2 is 1.63 bits per heavy atom. The van der Waals surface area contributed by atoms with Crippen LogP contribution in [0.5, 0.6) is 0 Å². The van der Waals surface area contributed by atoms with Crippen molar-refractivity contribution in [3.05, 3.63) is 83.8 Å². The lowest BCUT2D eigenvalue weighted by atomic mass is 9.84. The van der Waals surface area contributed by atoms with Gasteiger partial charge >= 0.3 is 0 Å². The highest BCUT2D eigenvalue weighted by molar-refractivity contribution is 6.09. The van der Waals surface area contributed by atoms with E-state index in [-0.39, 0.29) is 5.82 Å². The van der Waals surface area contributed by atoms with Crippen LogP contribution in [0.4, 0.5) is 4.39 Å². The lowest BCUT2D eigenvalue weighted by molar-refractivity contribution is 0.628. The lowest BCUT2D eigenvalue weighted by Gasteiger charge is -2.22. The molecule has 0 fully saturated rings. The molecule has 4 heteroatoms. The lowest BCUT2D eigenvalue weighted by Crippen LogP contribution is -2.08. The van der Waals surface area contributed by atoms with E-state index < -0.39 is 0 Å². The normalized spacial score (nSPS) is 13.6. The molecule has 1 aliphatic rings. The van der Waals surface area contributed by atoms with Gasteiger partial charge < -0.3 is 0 Å². The number of aromatic nitrogens is 3. The molecule has 3 aromatic carbocycles. The quantitative estimate of drug-likeness (QED) is 0.350. The first-order valence-corrected chi connectivity index (χ1v) is 10.4. The predicted molar refractivity (Wildman–Crippen MR) is 119 cm³/mol. The Bertz CT molecular complexity index is 1400. The van der Waals surface area contributed by atoms with Crippen LogP contribution >= 0.6 is 0 Å². The molecule has 5 aromatic rings. The van der Waals surface area contributed by atoms with Gasteiger partial charge in [-0.05, 0) is 77.9 Å². The standard InChI is InChI=1S/C26H20FN3/c27-18-12-9-17(10-13-18)25-22(15-28-30-25)26-21-8-4-3-7-20(21)24-19-6-2-1-5-16(19)11-14-23(24)29-26/h1-2,5-6,9-15H,3-4,7-8H2,(H,28,30). The summed E-state index contributed by atoms with van der Waals surface area (Å²) >= 11 is 0. The molecule has 1 aliphatic carbocycles. The fraction of sp³-hybridized carbons (Fsp3) is 0.154. The Morgan fingerprint density at radius 3 is 2.50 bits per heavy atom. The number of fused-ring (bicyclic) bond motifs is 5. The van der Waals surface area contributed by atoms with Crippen molar-refractivity contribution >= 4 is 21.7 Å². The Hall–Kier alpha value is -3.53. The number of nitrogens with one attached hydrogen (secondary N) is 1. The van der Waals surface area contributed by atoms with Crippen molar-refractivity contribution in [1.82, 2.24) is 15.2 Å². The van der Waals surface area contributed by atoms with Crippen molar-refractivity contribution in [2.45, 2.75) is 25.7 Å². The third-order valence-corrected chi connectivity index (χ3v) is 6.22. The molecule has 146 valence electrons. The van der Waals surface area contributed by atoms with Crippen molar-refractivity contribution < 1.29 is 4.39 Å². The van der Waals surface area contributed by atoms with Crippen LogP contribution in [0.3, 0.4) is 0 Å². The van der Waals surface area contributed by atoms with Crippen LogP contribution in [0, 0.1) is 5.82 Å². The fourth-order valence-electron chi connectivity index (χ4n) is 4.83. The number of hydrogen-bond acceptors (Lipinski definition) is 2. The van der Waals surface area contributed by atoms with Crippen molar-refractivity contribution in [1.29, 1.82) is 0 Å². The molecule has 0 bridgehead atoms. The van der Waals surface area contributed by atoms with E-state index in [2.05, 4.69) is 46.6 Å². The largest absolute Gasteiger partial charge is 0.277 e. The van der Waals surface area contributed by atoms with Gasteiger partial charge in [-0.15, -0.1) is 0 Å². The zero-order valence-corrected chi connectivity index (χ0v) is 16.5. The van der Waals surface area contributed by atoms with Gasteiger partial charge in [-0.25, -0.2) is 9.37 Å². The minimum Gasteiger partial charge on any atom is -0.277 e. The van der Waals surface area contributed by atoms with E-state index in [9.17, 15) is 4.39 Å². The molecular weight excluding hydrogens is 373 g/mol. The molecule has 0 unspecified atom stereocenters. The summed E-state index contributed by atoms with van der Waals surface area (Å²) < 4.78 is 13.4. The number of pyridine rings is 1. The van der Waals surface area contributed by atoms with Gasteiger partial charge in [0, 0.05) is 16.5 Å². The number of H-pyrrole nitrogens is 1. The second-order valence-electron chi connectivity index (χ2n) is 7.97. The predicted octanol–water partition coefficient (Wildman–Crippen LogP) is 6.46. The first-order valence-electron chi connectivity index (χ1n) is 10.4. The maximum absolute atomic E-state index is 13.4. The van der Waals surface area contributed by atoms with Crippen LogP contribution < -0.4 is 0 Å². The van der Waals surface area contributed by atoms with Crippen molar-refractivity contribution in [3.63, 3.8) is 0 Å². The molecule has 0 saturated heterocycles. The Balaban J connectivity index is 1.65. The third kappa shape index (κ3) is 2.64. The van der Waals surface area contributed by atoms with Crippen molar-refractivity contribution in [2.75, 3.05) is 0 Å². The maximum atomic E-state index is 13.4. The van der Waals surface area contributed by atoms with E-state index in [4.69, 9.17) is 4.98 Å². The van der Waals surface area contributed by atoms with Gasteiger partial charge in [0.15, 0.2) is 0 Å². The number of aryl methyl sites for hydroxylation is 1. The number of nitrogens with zero attached hydrogens (tertiary/aromatic N) is 2. The van der Waals surface area contributed by atoms with E-state index in [1.807, 2.05) is 6.20 Å². The fourth-order valence-corrected chi connectivity index (χ4v) is 4.83. The Kier molecular flexibility index (Phi) is 3.91. The van der Waals surface area contributed by atoms with Gasteiger partial charge in [-0.3, -0.25) is 5.10 Å². The highest BCUT2D eigenvalue weighted by atomic mass is 19.1. The smallest absolute Gasteiger partial charge is 0.123 e. The molecule has 1 N–H and O–H groups in total. The third-order valence-electron chi connectivity index (χ3n) is 6.22. The molecule has 0 spiro atoms. The molecule has 2 aromatic heterocycles. The van der Waals surface area contributed by atoms with Crippen LogP contribution in [0.25, 0.3) is 44.2 Å². The molecule has 6 rings (SSSR count). The highest BCUT2D eigenvalue weighted by Gasteiger charge is 2.23. The first kappa shape index (κ1) is 17.3. The second-order valence-corrected chi connectivity index (χ2v) is 7.97. The topological polar surface area (TPSA) is 41.6 Å². The van der Waals surface area contributed by atoms with E-state index >= 15 is 0 Å². The maximum Gasteiger partial charge on any atom is 0.123 e. The van der Waals surface area contributed by atoms with Crippen LogP contribution in [-0.2, 0) is 12.8 Å². The van der Waals surface area contributed by atoms with E-state index in [1.165, 1.54) is 52.3 Å². The van der Waals surface area contributed by atoms with Crippen LogP contribution in [0.2, 0.25) is 0 Å². The van der Waals surface area contributed by atoms with Crippen LogP contribution in [0.1, 0.15) is 24.0 Å². The summed E-state index contributed by atoms with van der Waals surface area (Å²) in [6.45, 7) is 0. The minimum absolute atomic E-state index is 0.243.